The summed E-state index contributed by atoms with van der Waals surface area (Å²) in [7, 11) is 2.76. The molecule has 2 unspecified atom stereocenters. The van der Waals surface area contributed by atoms with Gasteiger partial charge in [-0.2, -0.15) is 0 Å². The van der Waals surface area contributed by atoms with Gasteiger partial charge in [0.05, 0.1) is 56.7 Å². The Morgan fingerprint density at radius 2 is 1.19 bits per heavy atom. The zero-order valence-electron chi connectivity index (χ0n) is 37.8. The minimum Gasteiger partial charge on any atom is -0.469 e. The zero-order chi connectivity index (χ0) is 44.1. The Labute approximate surface area is 372 Å². The molecule has 10 heteroatoms. The smallest absolute Gasteiger partial charge is 0.306 e. The molecule has 3 fully saturated rings. The lowest BCUT2D eigenvalue weighted by atomic mass is 9.80. The molecule has 0 spiro atoms. The van der Waals surface area contributed by atoms with Gasteiger partial charge in [-0.1, -0.05) is 70.2 Å². The fraction of sp³-hybridized carbons (Fsp3) is 0.509. The Balaban J connectivity index is 0.893. The van der Waals surface area contributed by atoms with Gasteiger partial charge in [0.2, 0.25) is 11.8 Å². The predicted octanol–water partition coefficient (Wildman–Crippen LogP) is 9.85. The Morgan fingerprint density at radius 3 is 1.78 bits per heavy atom. The summed E-state index contributed by atoms with van der Waals surface area (Å²) in [4.78, 5) is 66.1. The van der Waals surface area contributed by atoms with E-state index in [4.69, 9.17) is 19.5 Å². The monoisotopic (exact) mass is 850 g/mol. The van der Waals surface area contributed by atoms with Crippen molar-refractivity contribution in [3.8, 4) is 22.3 Å². The molecular weight excluding hydrogens is 789 g/mol. The SMILES string of the molecule is COC(=O)C[C@H](C(=O)N1CCC[C@H]1C1=NC=C(c2ccc(-c3ccc(-c4ccc5c(c4)CC([C@@H]4CCCN4C(=O)[C@@H](CC(=O)OC)C(C)C)=N5)cc3)c3c2C2CCC3C2)C1)C(C)C. The van der Waals surface area contributed by atoms with Gasteiger partial charge in [0.15, 0.2) is 0 Å². The van der Waals surface area contributed by atoms with Crippen LogP contribution in [0.25, 0.3) is 27.8 Å². The number of allylic oxidation sites excluding steroid dienone is 1. The van der Waals surface area contributed by atoms with E-state index in [9.17, 15) is 19.2 Å². The number of fused-ring (bicyclic) bond motifs is 6. The van der Waals surface area contributed by atoms with Gasteiger partial charge in [0.1, 0.15) is 0 Å². The number of hydrogen-bond donors (Lipinski definition) is 0. The molecule has 6 aliphatic rings. The van der Waals surface area contributed by atoms with E-state index in [0.717, 1.165) is 66.8 Å². The lowest BCUT2D eigenvalue weighted by Crippen LogP contribution is -2.45. The van der Waals surface area contributed by atoms with E-state index in [1.807, 2.05) is 37.5 Å². The van der Waals surface area contributed by atoms with Crippen LogP contribution in [0.1, 0.15) is 126 Å². The largest absolute Gasteiger partial charge is 0.469 e. The Hall–Kier alpha value is -5.38. The van der Waals surface area contributed by atoms with Crippen LogP contribution in [0, 0.1) is 23.7 Å². The molecule has 63 heavy (non-hydrogen) atoms. The van der Waals surface area contributed by atoms with Gasteiger partial charge in [0.25, 0.3) is 0 Å². The van der Waals surface area contributed by atoms with Crippen molar-refractivity contribution in [2.24, 2.45) is 33.7 Å². The zero-order valence-corrected chi connectivity index (χ0v) is 37.8. The van der Waals surface area contributed by atoms with Crippen LogP contribution in [-0.2, 0) is 35.1 Å². The number of ether oxygens (including phenoxy) is 2. The van der Waals surface area contributed by atoms with Crippen molar-refractivity contribution in [2.75, 3.05) is 27.3 Å². The normalized spacial score (nSPS) is 23.1. The molecule has 6 atom stereocenters. The number of hydrogen-bond acceptors (Lipinski definition) is 8. The predicted molar refractivity (Wildman–Crippen MR) is 247 cm³/mol. The molecule has 2 aliphatic carbocycles. The number of rotatable bonds is 13. The van der Waals surface area contributed by atoms with Gasteiger partial charge < -0.3 is 19.3 Å². The molecule has 0 radical (unpaired) electrons. The van der Waals surface area contributed by atoms with Crippen molar-refractivity contribution in [1.82, 2.24) is 9.80 Å². The Bertz CT molecular complexity index is 2410. The van der Waals surface area contributed by atoms with Crippen LogP contribution >= 0.6 is 0 Å². The quantitative estimate of drug-likeness (QED) is 0.158. The number of nitrogens with zero attached hydrogens (tertiary/aromatic N) is 4. The third-order valence-electron chi connectivity index (χ3n) is 15.2. The van der Waals surface area contributed by atoms with E-state index in [-0.39, 0.29) is 60.5 Å². The van der Waals surface area contributed by atoms with Crippen LogP contribution in [0.4, 0.5) is 5.69 Å². The molecule has 10 nitrogen and oxygen atoms in total. The van der Waals surface area contributed by atoms with Crippen molar-refractivity contribution >= 4 is 46.4 Å². The van der Waals surface area contributed by atoms with Crippen LogP contribution in [0.5, 0.6) is 0 Å². The van der Waals surface area contributed by atoms with Crippen molar-refractivity contribution in [3.05, 3.63) is 83.1 Å². The maximum Gasteiger partial charge on any atom is 0.306 e. The number of carbonyl (C=O) groups is 4. The van der Waals surface area contributed by atoms with Crippen LogP contribution in [-0.4, -0.2) is 84.4 Å². The van der Waals surface area contributed by atoms with Gasteiger partial charge in [0, 0.05) is 43.6 Å². The van der Waals surface area contributed by atoms with Gasteiger partial charge in [-0.3, -0.25) is 29.2 Å². The van der Waals surface area contributed by atoms with Gasteiger partial charge in [-0.05, 0) is 131 Å². The highest BCUT2D eigenvalue weighted by atomic mass is 16.5. The molecule has 2 bridgehead atoms. The molecule has 4 heterocycles. The first-order chi connectivity index (χ1) is 30.4. The molecule has 2 amide bonds. The van der Waals surface area contributed by atoms with Crippen molar-refractivity contribution in [1.29, 1.82) is 0 Å². The standard InChI is InChI=1S/C53H62N4O6/c1-30(2)41(27-48(58)62-5)52(60)56-21-7-9-46(56)44-26-38(29-54-44)40-19-18-39(50-35-15-16-36(24-35)51(40)50)33-13-11-32(12-14-33)34-17-20-43-37(23-34)25-45(55-43)47-10-8-22-57(47)53(61)42(31(3)4)28-49(59)63-6/h11-14,17-20,23,29-31,35-36,41-42,46-47H,7-10,15-16,21-22,24-28H2,1-6H3/t35?,36?,41-,42-,46-,47-/m0/s1. The summed E-state index contributed by atoms with van der Waals surface area (Å²) < 4.78 is 9.87. The summed E-state index contributed by atoms with van der Waals surface area (Å²) in [5.41, 5.74) is 14.7. The average molecular weight is 851 g/mol. The van der Waals surface area contributed by atoms with Crippen molar-refractivity contribution in [3.63, 3.8) is 0 Å². The number of aliphatic imine (C=N–C) groups is 2. The number of likely N-dealkylation sites (tertiary alicyclic amines) is 2. The Kier molecular flexibility index (Phi) is 12.0. The molecule has 3 aromatic rings. The van der Waals surface area contributed by atoms with Gasteiger partial charge in [-0.25, -0.2) is 0 Å². The van der Waals surface area contributed by atoms with Crippen molar-refractivity contribution < 1.29 is 28.7 Å². The highest BCUT2D eigenvalue weighted by molar-refractivity contribution is 6.04. The number of carbonyl (C=O) groups excluding carboxylic acids is 4. The third-order valence-corrected chi connectivity index (χ3v) is 15.2. The summed E-state index contributed by atoms with van der Waals surface area (Å²) in [6.07, 6.45) is 11.0. The number of esters is 2. The van der Waals surface area contributed by atoms with Crippen molar-refractivity contribution in [2.45, 2.75) is 122 Å². The fourth-order valence-corrected chi connectivity index (χ4v) is 11.7. The number of methoxy groups -OCH3 is 2. The van der Waals surface area contributed by atoms with E-state index >= 15 is 0 Å². The van der Waals surface area contributed by atoms with E-state index in [1.54, 1.807) is 0 Å². The maximum absolute atomic E-state index is 13.9. The first-order valence-electron chi connectivity index (χ1n) is 23.4. The molecular formula is C53H62N4O6. The number of amides is 2. The fourth-order valence-electron chi connectivity index (χ4n) is 11.7. The molecule has 4 aliphatic heterocycles. The topological polar surface area (TPSA) is 118 Å². The van der Waals surface area contributed by atoms with Crippen LogP contribution in [0.3, 0.4) is 0 Å². The lowest BCUT2D eigenvalue weighted by molar-refractivity contribution is -0.148. The van der Waals surface area contributed by atoms with Gasteiger partial charge >= 0.3 is 11.9 Å². The highest BCUT2D eigenvalue weighted by Gasteiger charge is 2.43. The summed E-state index contributed by atoms with van der Waals surface area (Å²) in [5, 5.41) is 0. The maximum atomic E-state index is 13.9. The van der Waals surface area contributed by atoms with E-state index in [2.05, 4.69) is 60.8 Å². The average Bonchev–Trinajstić information content (AvgIpc) is 4.16. The lowest BCUT2D eigenvalue weighted by Gasteiger charge is -2.30. The summed E-state index contributed by atoms with van der Waals surface area (Å²) in [6.45, 7) is 9.39. The molecule has 9 rings (SSSR count). The van der Waals surface area contributed by atoms with E-state index < -0.39 is 11.8 Å². The number of benzene rings is 3. The second-order valence-electron chi connectivity index (χ2n) is 19.5. The minimum absolute atomic E-state index is 0.0277. The van der Waals surface area contributed by atoms with E-state index in [1.165, 1.54) is 72.4 Å². The summed E-state index contributed by atoms with van der Waals surface area (Å²) in [6, 6.07) is 20.2. The molecule has 2 saturated heterocycles. The molecule has 3 aromatic carbocycles. The summed E-state index contributed by atoms with van der Waals surface area (Å²) >= 11 is 0. The molecule has 330 valence electrons. The summed E-state index contributed by atoms with van der Waals surface area (Å²) in [5.74, 6) is -0.240. The highest BCUT2D eigenvalue weighted by Crippen LogP contribution is 2.58. The minimum atomic E-state index is -0.406. The van der Waals surface area contributed by atoms with Crippen LogP contribution in [0.2, 0.25) is 0 Å². The molecule has 1 saturated carbocycles. The first kappa shape index (κ1) is 42.9. The van der Waals surface area contributed by atoms with Crippen LogP contribution < -0.4 is 0 Å². The molecule has 0 N–H and O–H groups in total. The Morgan fingerprint density at radius 1 is 0.651 bits per heavy atom. The third kappa shape index (κ3) is 8.08. The first-order valence-corrected chi connectivity index (χ1v) is 23.4. The second kappa shape index (κ2) is 17.6. The van der Waals surface area contributed by atoms with Crippen LogP contribution in [0.15, 0.2) is 70.8 Å². The van der Waals surface area contributed by atoms with E-state index in [0.29, 0.717) is 24.9 Å². The van der Waals surface area contributed by atoms with Gasteiger partial charge in [-0.15, -0.1) is 0 Å². The molecule has 0 aromatic heterocycles. The second-order valence-corrected chi connectivity index (χ2v) is 19.5.